The first-order chi connectivity index (χ1) is 12.7. The summed E-state index contributed by atoms with van der Waals surface area (Å²) in [6, 6.07) is 14.3. The number of aromatic nitrogens is 2. The van der Waals surface area contributed by atoms with E-state index < -0.39 is 0 Å². The smallest absolute Gasteiger partial charge is 0.254 e. The largest absolute Gasteiger partial charge is 0.378 e. The highest BCUT2D eigenvalue weighted by Gasteiger charge is 2.20. The molecule has 5 nitrogen and oxygen atoms in total. The van der Waals surface area contributed by atoms with Crippen LogP contribution in [0.3, 0.4) is 0 Å². The van der Waals surface area contributed by atoms with Gasteiger partial charge in [0.25, 0.3) is 5.91 Å². The van der Waals surface area contributed by atoms with Crippen molar-refractivity contribution in [3.63, 3.8) is 0 Å². The Balaban J connectivity index is 1.70. The number of aryl methyl sites for hydroxylation is 2. The number of carbonyl (C=O) groups is 1. The van der Waals surface area contributed by atoms with E-state index in [2.05, 4.69) is 40.7 Å². The summed E-state index contributed by atoms with van der Waals surface area (Å²) in [5, 5.41) is 0. The van der Waals surface area contributed by atoms with E-state index in [0.717, 1.165) is 29.0 Å². The predicted molar refractivity (Wildman–Crippen MR) is 102 cm³/mol. The van der Waals surface area contributed by atoms with Gasteiger partial charge in [0, 0.05) is 24.3 Å². The number of rotatable bonds is 3. The first kappa shape index (κ1) is 16.8. The van der Waals surface area contributed by atoms with E-state index in [1.54, 1.807) is 0 Å². The van der Waals surface area contributed by atoms with Gasteiger partial charge < -0.3 is 9.64 Å². The Bertz CT molecular complexity index is 938. The van der Waals surface area contributed by atoms with Crippen molar-refractivity contribution in [2.24, 2.45) is 0 Å². The molecule has 134 valence electrons. The summed E-state index contributed by atoms with van der Waals surface area (Å²) in [5.41, 5.74) is 4.96. The van der Waals surface area contributed by atoms with Crippen molar-refractivity contribution in [3.8, 4) is 5.69 Å². The van der Waals surface area contributed by atoms with Crippen LogP contribution in [0.1, 0.15) is 28.7 Å². The summed E-state index contributed by atoms with van der Waals surface area (Å²) in [4.78, 5) is 19.2. The topological polar surface area (TPSA) is 47.4 Å². The number of nitrogens with zero attached hydrogens (tertiary/aromatic N) is 3. The molecule has 1 fully saturated rings. The average molecular weight is 349 g/mol. The second-order valence-corrected chi connectivity index (χ2v) is 6.62. The third-order valence-electron chi connectivity index (χ3n) is 4.97. The molecular weight excluding hydrogens is 326 g/mol. The van der Waals surface area contributed by atoms with Gasteiger partial charge in [-0.2, -0.15) is 0 Å². The molecule has 1 amide bonds. The van der Waals surface area contributed by atoms with Crippen molar-refractivity contribution in [2.45, 2.75) is 20.3 Å². The fourth-order valence-electron chi connectivity index (χ4n) is 3.49. The Morgan fingerprint density at radius 2 is 1.85 bits per heavy atom. The summed E-state index contributed by atoms with van der Waals surface area (Å²) >= 11 is 0. The van der Waals surface area contributed by atoms with Gasteiger partial charge in [0.2, 0.25) is 0 Å². The van der Waals surface area contributed by atoms with Crippen molar-refractivity contribution in [1.29, 1.82) is 0 Å². The van der Waals surface area contributed by atoms with Crippen LogP contribution in [0.25, 0.3) is 16.7 Å². The van der Waals surface area contributed by atoms with Crippen LogP contribution in [0.15, 0.2) is 42.5 Å². The van der Waals surface area contributed by atoms with Crippen molar-refractivity contribution < 1.29 is 9.53 Å². The monoisotopic (exact) mass is 349 g/mol. The lowest BCUT2D eigenvalue weighted by atomic mass is 10.1. The van der Waals surface area contributed by atoms with Crippen LogP contribution in [0.5, 0.6) is 0 Å². The molecule has 1 aromatic heterocycles. The number of morpholine rings is 1. The molecule has 26 heavy (non-hydrogen) atoms. The molecule has 1 aliphatic heterocycles. The summed E-state index contributed by atoms with van der Waals surface area (Å²) in [6.45, 7) is 6.66. The van der Waals surface area contributed by atoms with Gasteiger partial charge in [0.05, 0.1) is 24.2 Å². The van der Waals surface area contributed by atoms with Crippen LogP contribution in [0, 0.1) is 6.92 Å². The molecule has 5 heteroatoms. The Labute approximate surface area is 153 Å². The molecule has 0 spiro atoms. The van der Waals surface area contributed by atoms with Crippen LogP contribution in [-0.4, -0.2) is 46.7 Å². The van der Waals surface area contributed by atoms with Gasteiger partial charge in [0.15, 0.2) is 0 Å². The van der Waals surface area contributed by atoms with Crippen LogP contribution in [-0.2, 0) is 11.2 Å². The number of hydrogen-bond donors (Lipinski definition) is 0. The second kappa shape index (κ2) is 6.92. The molecule has 0 aliphatic carbocycles. The third kappa shape index (κ3) is 2.99. The number of ether oxygens (including phenoxy) is 1. The van der Waals surface area contributed by atoms with Crippen molar-refractivity contribution >= 4 is 16.9 Å². The number of carbonyl (C=O) groups excluding carboxylic acids is 1. The Kier molecular flexibility index (Phi) is 4.47. The van der Waals surface area contributed by atoms with E-state index in [-0.39, 0.29) is 5.91 Å². The second-order valence-electron chi connectivity index (χ2n) is 6.62. The molecule has 0 bridgehead atoms. The van der Waals surface area contributed by atoms with E-state index in [1.165, 1.54) is 5.56 Å². The van der Waals surface area contributed by atoms with E-state index in [9.17, 15) is 4.79 Å². The number of benzene rings is 2. The first-order valence-electron chi connectivity index (χ1n) is 9.13. The molecule has 1 aliphatic rings. The summed E-state index contributed by atoms with van der Waals surface area (Å²) in [7, 11) is 0. The van der Waals surface area contributed by atoms with Crippen molar-refractivity contribution in [2.75, 3.05) is 26.3 Å². The zero-order valence-corrected chi connectivity index (χ0v) is 15.2. The number of amides is 1. The van der Waals surface area contributed by atoms with E-state index >= 15 is 0 Å². The summed E-state index contributed by atoms with van der Waals surface area (Å²) in [5.74, 6) is 0.968. The zero-order chi connectivity index (χ0) is 18.1. The normalized spacial score (nSPS) is 14.8. The van der Waals surface area contributed by atoms with Gasteiger partial charge in [-0.15, -0.1) is 0 Å². The van der Waals surface area contributed by atoms with Crippen molar-refractivity contribution in [1.82, 2.24) is 14.5 Å². The minimum absolute atomic E-state index is 0.0506. The minimum Gasteiger partial charge on any atom is -0.378 e. The lowest BCUT2D eigenvalue weighted by Gasteiger charge is -2.26. The molecule has 3 aromatic rings. The number of fused-ring (bicyclic) bond motifs is 1. The Hall–Kier alpha value is -2.66. The maximum absolute atomic E-state index is 12.7. The van der Waals surface area contributed by atoms with Crippen LogP contribution < -0.4 is 0 Å². The predicted octanol–water partition coefficient (Wildman–Crippen LogP) is 3.37. The lowest BCUT2D eigenvalue weighted by Crippen LogP contribution is -2.40. The Morgan fingerprint density at radius 1 is 1.12 bits per heavy atom. The molecule has 0 unspecified atom stereocenters. The van der Waals surface area contributed by atoms with Gasteiger partial charge in [-0.3, -0.25) is 9.36 Å². The fourth-order valence-corrected chi connectivity index (χ4v) is 3.49. The maximum atomic E-state index is 12.7. The van der Waals surface area contributed by atoms with E-state index in [1.807, 2.05) is 30.0 Å². The lowest BCUT2D eigenvalue weighted by molar-refractivity contribution is 0.0303. The highest BCUT2D eigenvalue weighted by Crippen LogP contribution is 2.23. The van der Waals surface area contributed by atoms with Crippen molar-refractivity contribution in [3.05, 3.63) is 59.4 Å². The fraction of sp³-hybridized carbons (Fsp3) is 0.333. The number of hydrogen-bond acceptors (Lipinski definition) is 3. The molecular formula is C21H23N3O2. The highest BCUT2D eigenvalue weighted by molar-refractivity contribution is 5.97. The zero-order valence-electron chi connectivity index (χ0n) is 15.2. The van der Waals surface area contributed by atoms with Crippen LogP contribution in [0.2, 0.25) is 0 Å². The minimum atomic E-state index is 0.0506. The van der Waals surface area contributed by atoms with Gasteiger partial charge in [-0.05, 0) is 49.2 Å². The first-order valence-corrected chi connectivity index (χ1v) is 9.13. The molecule has 2 aromatic carbocycles. The van der Waals surface area contributed by atoms with Crippen LogP contribution in [0.4, 0.5) is 0 Å². The quantitative estimate of drug-likeness (QED) is 0.728. The van der Waals surface area contributed by atoms with E-state index in [4.69, 9.17) is 4.74 Å². The number of imidazole rings is 1. The van der Waals surface area contributed by atoms with Gasteiger partial charge in [-0.1, -0.05) is 19.1 Å². The average Bonchev–Trinajstić information content (AvgIpc) is 3.03. The molecule has 0 N–H and O–H groups in total. The summed E-state index contributed by atoms with van der Waals surface area (Å²) < 4.78 is 7.47. The highest BCUT2D eigenvalue weighted by atomic mass is 16.5. The molecule has 1 saturated heterocycles. The molecule has 2 heterocycles. The SMILES string of the molecule is CCc1ccc(-n2c(C)nc3cc(C(=O)N4CCOCC4)ccc32)cc1. The van der Waals surface area contributed by atoms with Gasteiger partial charge in [0.1, 0.15) is 5.82 Å². The maximum Gasteiger partial charge on any atom is 0.254 e. The standard InChI is InChI=1S/C21H23N3O2/c1-3-16-4-7-18(8-5-16)24-15(2)22-19-14-17(6-9-20(19)24)21(25)23-10-12-26-13-11-23/h4-9,14H,3,10-13H2,1-2H3. The molecule has 0 saturated carbocycles. The molecule has 0 atom stereocenters. The van der Waals surface area contributed by atoms with E-state index in [0.29, 0.717) is 31.9 Å². The molecule has 0 radical (unpaired) electrons. The summed E-state index contributed by atoms with van der Waals surface area (Å²) in [6.07, 6.45) is 1.02. The van der Waals surface area contributed by atoms with Gasteiger partial charge in [-0.25, -0.2) is 4.98 Å². The molecule has 4 rings (SSSR count). The van der Waals surface area contributed by atoms with Gasteiger partial charge >= 0.3 is 0 Å². The van der Waals surface area contributed by atoms with Crippen LogP contribution >= 0.6 is 0 Å². The Morgan fingerprint density at radius 3 is 2.54 bits per heavy atom. The third-order valence-corrected chi connectivity index (χ3v) is 4.97.